The lowest BCUT2D eigenvalue weighted by molar-refractivity contribution is 0.258. The van der Waals surface area contributed by atoms with E-state index in [9.17, 15) is 0 Å². The lowest BCUT2D eigenvalue weighted by Gasteiger charge is -2.06. The summed E-state index contributed by atoms with van der Waals surface area (Å²) in [5, 5.41) is 0. The van der Waals surface area contributed by atoms with Crippen molar-refractivity contribution in [1.29, 1.82) is 0 Å². The summed E-state index contributed by atoms with van der Waals surface area (Å²) in [5.74, 6) is 1.66. The molecular weight excluding hydrogens is 194 g/mol. The summed E-state index contributed by atoms with van der Waals surface area (Å²) in [6.45, 7) is 2.15. The van der Waals surface area contributed by atoms with Gasteiger partial charge < -0.3 is 14.9 Å². The Morgan fingerprint density at radius 3 is 3.07 bits per heavy atom. The molecule has 0 saturated heterocycles. The third-order valence-electron chi connectivity index (χ3n) is 2.01. The standard InChI is InChI=1S/C10H11N3O2/c1-7-9(11)12-6-13-10(7)15-5-8-3-2-4-14-8/h2-4,6H,5H2,1H3,(H2,11,12,13). The minimum atomic E-state index is 0.338. The number of hydrogen-bond acceptors (Lipinski definition) is 5. The monoisotopic (exact) mass is 205 g/mol. The fourth-order valence-electron chi connectivity index (χ4n) is 1.13. The molecular formula is C10H11N3O2. The molecule has 0 saturated carbocycles. The van der Waals surface area contributed by atoms with E-state index in [2.05, 4.69) is 9.97 Å². The maximum atomic E-state index is 5.62. The third kappa shape index (κ3) is 2.07. The maximum Gasteiger partial charge on any atom is 0.221 e. The highest BCUT2D eigenvalue weighted by Gasteiger charge is 2.06. The van der Waals surface area contributed by atoms with Crippen LogP contribution < -0.4 is 10.5 Å². The zero-order chi connectivity index (χ0) is 10.7. The predicted molar refractivity (Wildman–Crippen MR) is 54.2 cm³/mol. The first-order chi connectivity index (χ1) is 7.27. The lowest BCUT2D eigenvalue weighted by atomic mass is 10.3. The molecule has 0 fully saturated rings. The van der Waals surface area contributed by atoms with Crippen molar-refractivity contribution in [2.75, 3.05) is 5.73 Å². The van der Waals surface area contributed by atoms with Crippen molar-refractivity contribution in [2.24, 2.45) is 0 Å². The van der Waals surface area contributed by atoms with E-state index in [1.54, 1.807) is 12.3 Å². The minimum absolute atomic E-state index is 0.338. The van der Waals surface area contributed by atoms with Crippen molar-refractivity contribution in [2.45, 2.75) is 13.5 Å². The van der Waals surface area contributed by atoms with E-state index in [0.717, 1.165) is 11.3 Å². The van der Waals surface area contributed by atoms with Gasteiger partial charge in [0.25, 0.3) is 0 Å². The summed E-state index contributed by atoms with van der Waals surface area (Å²) < 4.78 is 10.6. The third-order valence-corrected chi connectivity index (χ3v) is 2.01. The Hall–Kier alpha value is -2.04. The number of nitrogens with two attached hydrogens (primary N) is 1. The number of nitrogens with zero attached hydrogens (tertiary/aromatic N) is 2. The Morgan fingerprint density at radius 1 is 1.47 bits per heavy atom. The highest BCUT2D eigenvalue weighted by molar-refractivity contribution is 5.43. The van der Waals surface area contributed by atoms with Gasteiger partial charge in [0, 0.05) is 0 Å². The topological polar surface area (TPSA) is 74.2 Å². The van der Waals surface area contributed by atoms with Crippen LogP contribution in [0.2, 0.25) is 0 Å². The number of furan rings is 1. The largest absolute Gasteiger partial charge is 0.469 e. The summed E-state index contributed by atoms with van der Waals surface area (Å²) in [7, 11) is 0. The van der Waals surface area contributed by atoms with E-state index in [0.29, 0.717) is 18.3 Å². The Morgan fingerprint density at radius 2 is 2.33 bits per heavy atom. The van der Waals surface area contributed by atoms with Crippen molar-refractivity contribution in [3.05, 3.63) is 36.0 Å². The average Bonchev–Trinajstić information content (AvgIpc) is 2.73. The summed E-state index contributed by atoms with van der Waals surface area (Å²) in [5.41, 5.74) is 6.35. The summed E-state index contributed by atoms with van der Waals surface area (Å²) in [6.07, 6.45) is 2.97. The van der Waals surface area contributed by atoms with Gasteiger partial charge in [0.2, 0.25) is 5.88 Å². The van der Waals surface area contributed by atoms with Crippen molar-refractivity contribution in [3.63, 3.8) is 0 Å². The van der Waals surface area contributed by atoms with E-state index in [1.165, 1.54) is 6.33 Å². The first-order valence-electron chi connectivity index (χ1n) is 4.49. The van der Waals surface area contributed by atoms with Crippen LogP contribution in [0.4, 0.5) is 5.82 Å². The molecule has 0 aliphatic heterocycles. The van der Waals surface area contributed by atoms with Crippen LogP contribution in [-0.2, 0) is 6.61 Å². The van der Waals surface area contributed by atoms with Gasteiger partial charge >= 0.3 is 0 Å². The number of anilines is 1. The van der Waals surface area contributed by atoms with E-state index < -0.39 is 0 Å². The van der Waals surface area contributed by atoms with Gasteiger partial charge in [0.15, 0.2) is 0 Å². The molecule has 0 unspecified atom stereocenters. The van der Waals surface area contributed by atoms with Crippen LogP contribution in [0.5, 0.6) is 5.88 Å². The molecule has 2 aromatic rings. The number of hydrogen-bond donors (Lipinski definition) is 1. The Bertz CT molecular complexity index is 440. The SMILES string of the molecule is Cc1c(N)ncnc1OCc1ccco1. The van der Waals surface area contributed by atoms with Gasteiger partial charge in [0.1, 0.15) is 24.5 Å². The number of rotatable bonds is 3. The van der Waals surface area contributed by atoms with Crippen molar-refractivity contribution >= 4 is 5.82 Å². The zero-order valence-electron chi connectivity index (χ0n) is 8.30. The Labute approximate surface area is 86.9 Å². The van der Waals surface area contributed by atoms with Gasteiger partial charge in [-0.25, -0.2) is 9.97 Å². The van der Waals surface area contributed by atoms with Gasteiger partial charge in [-0.05, 0) is 19.1 Å². The molecule has 0 aromatic carbocycles. The average molecular weight is 205 g/mol. The van der Waals surface area contributed by atoms with Crippen LogP contribution in [0.15, 0.2) is 29.1 Å². The second-order valence-electron chi connectivity index (χ2n) is 3.06. The molecule has 0 amide bonds. The lowest BCUT2D eigenvalue weighted by Crippen LogP contribution is -2.02. The fourth-order valence-corrected chi connectivity index (χ4v) is 1.13. The fraction of sp³-hybridized carbons (Fsp3) is 0.200. The number of nitrogen functional groups attached to an aromatic ring is 1. The summed E-state index contributed by atoms with van der Waals surface area (Å²) in [6, 6.07) is 3.64. The molecule has 2 N–H and O–H groups in total. The highest BCUT2D eigenvalue weighted by Crippen LogP contribution is 2.18. The van der Waals surface area contributed by atoms with Crippen molar-refractivity contribution in [1.82, 2.24) is 9.97 Å². The highest BCUT2D eigenvalue weighted by atomic mass is 16.5. The molecule has 2 aromatic heterocycles. The number of ether oxygens (including phenoxy) is 1. The van der Waals surface area contributed by atoms with E-state index in [1.807, 2.05) is 13.0 Å². The first-order valence-corrected chi connectivity index (χ1v) is 4.49. The van der Waals surface area contributed by atoms with Gasteiger partial charge in [-0.3, -0.25) is 0 Å². The minimum Gasteiger partial charge on any atom is -0.469 e. The van der Waals surface area contributed by atoms with Crippen LogP contribution >= 0.6 is 0 Å². The van der Waals surface area contributed by atoms with Gasteiger partial charge in [0.05, 0.1) is 11.8 Å². The Balaban J connectivity index is 2.08. The molecule has 0 bridgehead atoms. The molecule has 5 nitrogen and oxygen atoms in total. The molecule has 0 atom stereocenters. The van der Waals surface area contributed by atoms with Crippen LogP contribution in [-0.4, -0.2) is 9.97 Å². The van der Waals surface area contributed by atoms with Crippen LogP contribution in [0.25, 0.3) is 0 Å². The molecule has 0 spiro atoms. The quantitative estimate of drug-likeness (QED) is 0.822. The molecule has 15 heavy (non-hydrogen) atoms. The Kier molecular flexibility index (Phi) is 2.53. The van der Waals surface area contributed by atoms with Crippen LogP contribution in [0.3, 0.4) is 0 Å². The second-order valence-corrected chi connectivity index (χ2v) is 3.06. The van der Waals surface area contributed by atoms with E-state index in [4.69, 9.17) is 14.9 Å². The first kappa shape index (κ1) is 9.51. The molecule has 0 aliphatic carbocycles. The second kappa shape index (κ2) is 4.00. The van der Waals surface area contributed by atoms with E-state index >= 15 is 0 Å². The van der Waals surface area contributed by atoms with Crippen molar-refractivity contribution < 1.29 is 9.15 Å². The smallest absolute Gasteiger partial charge is 0.221 e. The normalized spacial score (nSPS) is 10.2. The van der Waals surface area contributed by atoms with E-state index in [-0.39, 0.29) is 0 Å². The predicted octanol–water partition coefficient (Wildman–Crippen LogP) is 1.54. The summed E-state index contributed by atoms with van der Waals surface area (Å²) >= 11 is 0. The summed E-state index contributed by atoms with van der Waals surface area (Å²) in [4.78, 5) is 7.83. The van der Waals surface area contributed by atoms with Gasteiger partial charge in [-0.15, -0.1) is 0 Å². The molecule has 2 heterocycles. The number of aromatic nitrogens is 2. The molecule has 0 radical (unpaired) electrons. The van der Waals surface area contributed by atoms with Gasteiger partial charge in [-0.2, -0.15) is 0 Å². The molecule has 78 valence electrons. The molecule has 5 heteroatoms. The van der Waals surface area contributed by atoms with Crippen molar-refractivity contribution in [3.8, 4) is 5.88 Å². The molecule has 2 rings (SSSR count). The van der Waals surface area contributed by atoms with Gasteiger partial charge in [-0.1, -0.05) is 0 Å². The van der Waals surface area contributed by atoms with Crippen LogP contribution in [0.1, 0.15) is 11.3 Å². The maximum absolute atomic E-state index is 5.62. The van der Waals surface area contributed by atoms with Crippen LogP contribution in [0, 0.1) is 6.92 Å². The molecule has 0 aliphatic rings. The zero-order valence-corrected chi connectivity index (χ0v) is 8.30.